The predicted octanol–water partition coefficient (Wildman–Crippen LogP) is 8.38. The van der Waals surface area contributed by atoms with Gasteiger partial charge in [0.2, 0.25) is 0 Å². The molecule has 2 N–H and O–H groups in total. The quantitative estimate of drug-likeness (QED) is 0.236. The molecular weight excluding hydrogens is 586 g/mol. The number of carbonyl (C=O) groups is 1. The van der Waals surface area contributed by atoms with Gasteiger partial charge in [-0.2, -0.15) is 8.78 Å². The molecule has 0 radical (unpaired) electrons. The first-order chi connectivity index (χ1) is 21.2. The third kappa shape index (κ3) is 6.03. The van der Waals surface area contributed by atoms with Crippen LogP contribution >= 0.6 is 11.6 Å². The number of hydrogen-bond acceptors (Lipinski definition) is 5. The van der Waals surface area contributed by atoms with Gasteiger partial charge in [0, 0.05) is 28.2 Å². The number of aryl methyl sites for hydroxylation is 1. The third-order valence-electron chi connectivity index (χ3n) is 10.1. The highest BCUT2D eigenvalue weighted by Gasteiger charge is 2.54. The van der Waals surface area contributed by atoms with Crippen molar-refractivity contribution in [2.45, 2.75) is 88.4 Å². The van der Waals surface area contributed by atoms with Gasteiger partial charge in [0.15, 0.2) is 0 Å². The van der Waals surface area contributed by atoms with E-state index in [0.29, 0.717) is 53.8 Å². The number of carboxylic acid groups (broad SMARTS) is 1. The Balaban J connectivity index is 1.18. The van der Waals surface area contributed by atoms with Crippen LogP contribution in [0.5, 0.6) is 5.75 Å². The molecule has 0 amide bonds. The smallest absolute Gasteiger partial charge is 0.345 e. The van der Waals surface area contributed by atoms with Gasteiger partial charge in [0.1, 0.15) is 11.3 Å². The molecule has 1 fully saturated rings. The number of aliphatic carboxylic acids is 1. The first-order valence-corrected chi connectivity index (χ1v) is 16.0. The van der Waals surface area contributed by atoms with E-state index in [4.69, 9.17) is 21.1 Å². The summed E-state index contributed by atoms with van der Waals surface area (Å²) in [4.78, 5) is 17.1. The Bertz CT molecular complexity index is 1490. The Labute approximate surface area is 262 Å². The molecule has 2 aromatic carbocycles. The summed E-state index contributed by atoms with van der Waals surface area (Å²) in [5.74, 6) is 0.251. The molecule has 6 rings (SSSR count). The van der Waals surface area contributed by atoms with E-state index in [1.807, 2.05) is 12.1 Å². The van der Waals surface area contributed by atoms with Crippen LogP contribution in [0.2, 0.25) is 5.02 Å². The van der Waals surface area contributed by atoms with Gasteiger partial charge in [-0.3, -0.25) is 4.98 Å². The number of benzene rings is 2. The molecule has 3 atom stereocenters. The maximum Gasteiger partial charge on any atom is 0.345 e. The van der Waals surface area contributed by atoms with Crippen molar-refractivity contribution in [3.05, 3.63) is 88.2 Å². The van der Waals surface area contributed by atoms with Gasteiger partial charge >= 0.3 is 12.6 Å². The SMILES string of the molecule is C[C@@H](COc1ccnc2c1C(OC(F)F)CCC2)CC1Cc2ccccc2C12CCC(Nc1cccc(Cl)c1)(C(=O)O)CC2. The highest BCUT2D eigenvalue weighted by Crippen LogP contribution is 2.56. The number of hydrogen-bond donors (Lipinski definition) is 2. The summed E-state index contributed by atoms with van der Waals surface area (Å²) in [6.45, 7) is -0.243. The number of nitrogens with zero attached hydrogens (tertiary/aromatic N) is 1. The van der Waals surface area contributed by atoms with E-state index in [2.05, 4.69) is 41.5 Å². The van der Waals surface area contributed by atoms with E-state index in [1.165, 1.54) is 11.1 Å². The largest absolute Gasteiger partial charge is 0.493 e. The monoisotopic (exact) mass is 624 g/mol. The van der Waals surface area contributed by atoms with Gasteiger partial charge in [-0.25, -0.2) is 4.79 Å². The highest BCUT2D eigenvalue weighted by atomic mass is 35.5. The molecule has 3 aliphatic rings. The Kier molecular flexibility index (Phi) is 8.84. The lowest BCUT2D eigenvalue weighted by Crippen LogP contribution is -2.53. The number of alkyl halides is 2. The number of fused-ring (bicyclic) bond motifs is 3. The second-order valence-electron chi connectivity index (χ2n) is 12.8. The summed E-state index contributed by atoms with van der Waals surface area (Å²) in [6.07, 6.45) is 7.30. The van der Waals surface area contributed by atoms with E-state index >= 15 is 0 Å². The molecular formula is C35H39ClF2N2O4. The molecule has 0 aliphatic heterocycles. The van der Waals surface area contributed by atoms with Crippen LogP contribution in [0.25, 0.3) is 0 Å². The second-order valence-corrected chi connectivity index (χ2v) is 13.3. The molecule has 2 unspecified atom stereocenters. The summed E-state index contributed by atoms with van der Waals surface area (Å²) in [6, 6.07) is 17.6. The van der Waals surface area contributed by atoms with E-state index in [9.17, 15) is 18.7 Å². The zero-order chi connectivity index (χ0) is 30.9. The van der Waals surface area contributed by atoms with Crippen LogP contribution in [0, 0.1) is 11.8 Å². The Hall–Kier alpha value is -3.23. The number of carboxylic acids is 1. The fraction of sp³-hybridized carbons (Fsp3) is 0.486. The maximum absolute atomic E-state index is 13.2. The van der Waals surface area contributed by atoms with Crippen molar-refractivity contribution >= 4 is 23.3 Å². The average molecular weight is 625 g/mol. The van der Waals surface area contributed by atoms with Crippen LogP contribution < -0.4 is 10.1 Å². The molecule has 9 heteroatoms. The molecule has 0 bridgehead atoms. The lowest BCUT2D eigenvalue weighted by molar-refractivity contribution is -0.168. The predicted molar refractivity (Wildman–Crippen MR) is 166 cm³/mol. The molecule has 1 saturated carbocycles. The van der Waals surface area contributed by atoms with E-state index in [0.717, 1.165) is 44.2 Å². The molecule has 6 nitrogen and oxygen atoms in total. The molecule has 3 aliphatic carbocycles. The minimum absolute atomic E-state index is 0.119. The van der Waals surface area contributed by atoms with E-state index in [-0.39, 0.29) is 11.3 Å². The summed E-state index contributed by atoms with van der Waals surface area (Å²) < 4.78 is 37.6. The fourth-order valence-electron chi connectivity index (χ4n) is 8.02. The van der Waals surface area contributed by atoms with E-state index in [1.54, 1.807) is 24.4 Å². The molecule has 44 heavy (non-hydrogen) atoms. The number of anilines is 1. The van der Waals surface area contributed by atoms with Crippen LogP contribution in [0.1, 0.15) is 80.4 Å². The van der Waals surface area contributed by atoms with Crippen molar-refractivity contribution in [1.82, 2.24) is 4.98 Å². The minimum Gasteiger partial charge on any atom is -0.493 e. The number of ether oxygens (including phenoxy) is 2. The fourth-order valence-corrected chi connectivity index (χ4v) is 8.21. The van der Waals surface area contributed by atoms with E-state index < -0.39 is 24.2 Å². The number of rotatable bonds is 10. The van der Waals surface area contributed by atoms with Crippen molar-refractivity contribution in [2.75, 3.05) is 11.9 Å². The molecule has 1 aromatic heterocycles. The first-order valence-electron chi connectivity index (χ1n) is 15.6. The summed E-state index contributed by atoms with van der Waals surface area (Å²) in [5, 5.41) is 14.3. The zero-order valence-electron chi connectivity index (χ0n) is 24.9. The normalized spacial score (nSPS) is 26.7. The summed E-state index contributed by atoms with van der Waals surface area (Å²) in [5.41, 5.74) is 3.63. The number of nitrogens with one attached hydrogen (secondary N) is 1. The number of halogens is 3. The van der Waals surface area contributed by atoms with Gasteiger partial charge < -0.3 is 19.9 Å². The minimum atomic E-state index is -2.85. The number of pyridine rings is 1. The van der Waals surface area contributed by atoms with Crippen LogP contribution in [0.15, 0.2) is 60.8 Å². The van der Waals surface area contributed by atoms with Gasteiger partial charge in [0.05, 0.1) is 12.7 Å². The van der Waals surface area contributed by atoms with Crippen molar-refractivity contribution in [1.29, 1.82) is 0 Å². The van der Waals surface area contributed by atoms with Crippen molar-refractivity contribution in [2.24, 2.45) is 11.8 Å². The molecule has 1 spiro atoms. The Morgan fingerprint density at radius 3 is 2.68 bits per heavy atom. The van der Waals surface area contributed by atoms with Crippen LogP contribution in [-0.4, -0.2) is 34.8 Å². The van der Waals surface area contributed by atoms with Crippen molar-refractivity contribution < 1.29 is 28.2 Å². The lowest BCUT2D eigenvalue weighted by Gasteiger charge is -2.47. The summed E-state index contributed by atoms with van der Waals surface area (Å²) in [7, 11) is 0. The Morgan fingerprint density at radius 1 is 1.14 bits per heavy atom. The summed E-state index contributed by atoms with van der Waals surface area (Å²) >= 11 is 6.20. The van der Waals surface area contributed by atoms with Gasteiger partial charge in [-0.1, -0.05) is 48.9 Å². The Morgan fingerprint density at radius 2 is 1.93 bits per heavy atom. The topological polar surface area (TPSA) is 80.7 Å². The van der Waals surface area contributed by atoms with Gasteiger partial charge in [-0.05, 0) is 110 Å². The second kappa shape index (κ2) is 12.6. The molecule has 0 saturated heterocycles. The van der Waals surface area contributed by atoms with Crippen LogP contribution in [-0.2, 0) is 27.8 Å². The van der Waals surface area contributed by atoms with Crippen LogP contribution in [0.3, 0.4) is 0 Å². The average Bonchev–Trinajstić information content (AvgIpc) is 3.29. The first kappa shape index (κ1) is 30.8. The highest BCUT2D eigenvalue weighted by molar-refractivity contribution is 6.30. The molecule has 3 aromatic rings. The van der Waals surface area contributed by atoms with Gasteiger partial charge in [-0.15, -0.1) is 0 Å². The molecule has 234 valence electrons. The standard InChI is InChI=1S/C35H39ClF2N2O4/c1-22(21-43-29-12-17-39-28-10-5-11-30(31(28)29)44-33(37)38)18-24-19-23-6-2-3-9-27(23)34(24)13-15-35(16-14-34,32(41)42)40-26-8-4-7-25(36)20-26/h2-4,6-9,12,17,20,22,24,30,33,40H,5,10-11,13-16,18-19,21H2,1H3,(H,41,42)/t22-,24?,30?,34?,35?/m1/s1. The number of aromatic nitrogens is 1. The zero-order valence-corrected chi connectivity index (χ0v) is 25.7. The van der Waals surface area contributed by atoms with Gasteiger partial charge in [0.25, 0.3) is 0 Å². The van der Waals surface area contributed by atoms with Crippen molar-refractivity contribution in [3.8, 4) is 5.75 Å². The maximum atomic E-state index is 13.2. The molecule has 1 heterocycles. The lowest BCUT2D eigenvalue weighted by atomic mass is 9.59. The van der Waals surface area contributed by atoms with Crippen molar-refractivity contribution in [3.63, 3.8) is 0 Å². The van der Waals surface area contributed by atoms with Crippen LogP contribution in [0.4, 0.5) is 14.5 Å². The third-order valence-corrected chi connectivity index (χ3v) is 10.4.